The van der Waals surface area contributed by atoms with Gasteiger partial charge in [0.05, 0.1) is 5.41 Å². The minimum atomic E-state index is -0.685. The van der Waals surface area contributed by atoms with Crippen LogP contribution in [-0.2, 0) is 4.79 Å². The molecule has 1 rings (SSSR count). The molecule has 4 heteroatoms. The molecule has 1 fully saturated rings. The van der Waals surface area contributed by atoms with E-state index in [4.69, 9.17) is 0 Å². The molecule has 0 aromatic carbocycles. The molecule has 100 valence electrons. The number of hydrogen-bond donors (Lipinski definition) is 1. The highest BCUT2D eigenvalue weighted by Gasteiger charge is 2.33. The summed E-state index contributed by atoms with van der Waals surface area (Å²) in [5.74, 6) is 0.00953. The van der Waals surface area contributed by atoms with Gasteiger partial charge >= 0.3 is 5.97 Å². The highest BCUT2D eigenvalue weighted by Crippen LogP contribution is 2.24. The van der Waals surface area contributed by atoms with Gasteiger partial charge in [0.15, 0.2) is 0 Å². The third-order valence-electron chi connectivity index (χ3n) is 3.97. The van der Waals surface area contributed by atoms with Gasteiger partial charge in [-0.3, -0.25) is 4.79 Å². The minimum absolute atomic E-state index is 0.612. The van der Waals surface area contributed by atoms with E-state index in [1.54, 1.807) is 0 Å². The number of carboxylic acids is 1. The lowest BCUT2D eigenvalue weighted by atomic mass is 9.87. The van der Waals surface area contributed by atoms with Crippen LogP contribution in [0.15, 0.2) is 0 Å². The lowest BCUT2D eigenvalue weighted by Gasteiger charge is -2.30. The highest BCUT2D eigenvalue weighted by atomic mass is 16.4. The van der Waals surface area contributed by atoms with Crippen molar-refractivity contribution in [2.45, 2.75) is 26.7 Å². The predicted molar refractivity (Wildman–Crippen MR) is 69.1 cm³/mol. The zero-order valence-corrected chi connectivity index (χ0v) is 11.6. The molecule has 0 bridgehead atoms. The van der Waals surface area contributed by atoms with E-state index in [1.807, 2.05) is 20.9 Å². The fourth-order valence-electron chi connectivity index (χ4n) is 2.61. The fourth-order valence-corrected chi connectivity index (χ4v) is 2.61. The van der Waals surface area contributed by atoms with Gasteiger partial charge in [0.2, 0.25) is 0 Å². The van der Waals surface area contributed by atoms with Gasteiger partial charge in [-0.05, 0) is 46.3 Å². The summed E-state index contributed by atoms with van der Waals surface area (Å²) in [5.41, 5.74) is -0.612. The maximum atomic E-state index is 11.2. The zero-order chi connectivity index (χ0) is 13.1. The van der Waals surface area contributed by atoms with Crippen molar-refractivity contribution in [1.29, 1.82) is 0 Å². The molecule has 0 spiro atoms. The quantitative estimate of drug-likeness (QED) is 0.764. The zero-order valence-electron chi connectivity index (χ0n) is 11.6. The lowest BCUT2D eigenvalue weighted by Crippen LogP contribution is -2.41. The van der Waals surface area contributed by atoms with Crippen LogP contribution in [0.2, 0.25) is 0 Å². The summed E-state index contributed by atoms with van der Waals surface area (Å²) < 4.78 is 0. The molecular weight excluding hydrogens is 216 g/mol. The van der Waals surface area contributed by atoms with Crippen LogP contribution in [0.5, 0.6) is 0 Å². The van der Waals surface area contributed by atoms with Gasteiger partial charge in [-0.2, -0.15) is 0 Å². The Hall–Kier alpha value is -0.610. The summed E-state index contributed by atoms with van der Waals surface area (Å²) in [6, 6.07) is 0. The average molecular weight is 242 g/mol. The first-order valence-corrected chi connectivity index (χ1v) is 6.48. The van der Waals surface area contributed by atoms with Crippen LogP contribution in [-0.4, -0.2) is 61.2 Å². The van der Waals surface area contributed by atoms with Gasteiger partial charge in [-0.25, -0.2) is 0 Å². The van der Waals surface area contributed by atoms with Crippen LogP contribution < -0.4 is 0 Å². The van der Waals surface area contributed by atoms with Crippen molar-refractivity contribution in [2.75, 3.05) is 40.3 Å². The summed E-state index contributed by atoms with van der Waals surface area (Å²) in [4.78, 5) is 15.8. The van der Waals surface area contributed by atoms with Gasteiger partial charge in [-0.15, -0.1) is 0 Å². The molecule has 1 aliphatic rings. The van der Waals surface area contributed by atoms with Crippen molar-refractivity contribution in [2.24, 2.45) is 11.3 Å². The standard InChI is InChI=1S/C13H26N2O2/c1-5-13(2,12(16)17)10-15(4)9-11-6-7-14(3)8-11/h11H,5-10H2,1-4H3,(H,16,17). The molecule has 0 amide bonds. The first kappa shape index (κ1) is 14.5. The van der Waals surface area contributed by atoms with Crippen molar-refractivity contribution < 1.29 is 9.90 Å². The van der Waals surface area contributed by atoms with Crippen LogP contribution >= 0.6 is 0 Å². The van der Waals surface area contributed by atoms with E-state index in [-0.39, 0.29) is 0 Å². The fraction of sp³-hybridized carbons (Fsp3) is 0.923. The SMILES string of the molecule is CCC(C)(CN(C)CC1CCN(C)C1)C(=O)O. The second-order valence-electron chi connectivity index (χ2n) is 5.83. The molecule has 2 unspecified atom stereocenters. The van der Waals surface area contributed by atoms with Crippen molar-refractivity contribution in [3.8, 4) is 0 Å². The van der Waals surface area contributed by atoms with Gasteiger partial charge in [-0.1, -0.05) is 6.92 Å². The second kappa shape index (κ2) is 5.83. The van der Waals surface area contributed by atoms with E-state index in [0.29, 0.717) is 18.9 Å². The number of rotatable bonds is 6. The number of likely N-dealkylation sites (tertiary alicyclic amines) is 1. The van der Waals surface area contributed by atoms with Gasteiger partial charge in [0.1, 0.15) is 0 Å². The van der Waals surface area contributed by atoms with Gasteiger partial charge in [0, 0.05) is 19.6 Å². The Morgan fingerprint density at radius 3 is 2.65 bits per heavy atom. The molecule has 0 saturated carbocycles. The van der Waals surface area contributed by atoms with E-state index in [2.05, 4.69) is 16.8 Å². The van der Waals surface area contributed by atoms with Crippen LogP contribution in [0.1, 0.15) is 26.7 Å². The van der Waals surface area contributed by atoms with Crippen molar-refractivity contribution in [1.82, 2.24) is 9.80 Å². The third-order valence-corrected chi connectivity index (χ3v) is 3.97. The first-order chi connectivity index (χ1) is 7.87. The highest BCUT2D eigenvalue weighted by molar-refractivity contribution is 5.74. The number of carbonyl (C=O) groups is 1. The smallest absolute Gasteiger partial charge is 0.310 e. The van der Waals surface area contributed by atoms with Crippen molar-refractivity contribution in [3.05, 3.63) is 0 Å². The second-order valence-corrected chi connectivity index (χ2v) is 5.83. The minimum Gasteiger partial charge on any atom is -0.481 e. The van der Waals surface area contributed by atoms with E-state index in [1.165, 1.54) is 13.0 Å². The molecule has 0 aromatic rings. The Kier molecular flexibility index (Phi) is 4.95. The Labute approximate surface area is 105 Å². The summed E-state index contributed by atoms with van der Waals surface area (Å²) in [6.07, 6.45) is 1.91. The normalized spacial score (nSPS) is 25.1. The number of nitrogens with zero attached hydrogens (tertiary/aromatic N) is 2. The largest absolute Gasteiger partial charge is 0.481 e. The molecule has 0 radical (unpaired) electrons. The number of carboxylic acid groups (broad SMARTS) is 1. The van der Waals surface area contributed by atoms with Gasteiger partial charge < -0.3 is 14.9 Å². The van der Waals surface area contributed by atoms with E-state index < -0.39 is 11.4 Å². The van der Waals surface area contributed by atoms with Crippen molar-refractivity contribution in [3.63, 3.8) is 0 Å². The molecule has 0 aromatic heterocycles. The molecule has 1 saturated heterocycles. The van der Waals surface area contributed by atoms with Crippen LogP contribution in [0, 0.1) is 11.3 Å². The van der Waals surface area contributed by atoms with E-state index in [9.17, 15) is 9.90 Å². The van der Waals surface area contributed by atoms with Crippen LogP contribution in [0.3, 0.4) is 0 Å². The Bertz CT molecular complexity index is 270. The van der Waals surface area contributed by atoms with Crippen molar-refractivity contribution >= 4 is 5.97 Å². The van der Waals surface area contributed by atoms with E-state index in [0.717, 1.165) is 13.1 Å². The van der Waals surface area contributed by atoms with Gasteiger partial charge in [0.25, 0.3) is 0 Å². The third kappa shape index (κ3) is 3.96. The monoisotopic (exact) mass is 242 g/mol. The average Bonchev–Trinajstić information content (AvgIpc) is 2.63. The maximum absolute atomic E-state index is 11.2. The van der Waals surface area contributed by atoms with Crippen LogP contribution in [0.4, 0.5) is 0 Å². The maximum Gasteiger partial charge on any atom is 0.310 e. The molecule has 17 heavy (non-hydrogen) atoms. The molecule has 1 heterocycles. The van der Waals surface area contributed by atoms with Crippen LogP contribution in [0.25, 0.3) is 0 Å². The van der Waals surface area contributed by atoms with E-state index >= 15 is 0 Å². The molecular formula is C13H26N2O2. The number of aliphatic carboxylic acids is 1. The predicted octanol–water partition coefficient (Wildman–Crippen LogP) is 1.37. The number of hydrogen-bond acceptors (Lipinski definition) is 3. The molecule has 1 N–H and O–H groups in total. The Morgan fingerprint density at radius 2 is 2.24 bits per heavy atom. The summed E-state index contributed by atoms with van der Waals surface area (Å²) in [6.45, 7) is 7.74. The summed E-state index contributed by atoms with van der Waals surface area (Å²) in [5, 5.41) is 9.25. The molecule has 0 aliphatic carbocycles. The molecule has 4 nitrogen and oxygen atoms in total. The molecule has 2 atom stereocenters. The Balaban J connectivity index is 2.43. The lowest BCUT2D eigenvalue weighted by molar-refractivity contribution is -0.149. The Morgan fingerprint density at radius 1 is 1.59 bits per heavy atom. The summed E-state index contributed by atoms with van der Waals surface area (Å²) >= 11 is 0. The topological polar surface area (TPSA) is 43.8 Å². The first-order valence-electron chi connectivity index (χ1n) is 6.48. The summed E-state index contributed by atoms with van der Waals surface area (Å²) in [7, 11) is 4.18. The molecule has 1 aliphatic heterocycles.